The van der Waals surface area contributed by atoms with E-state index in [4.69, 9.17) is 9.26 Å². The van der Waals surface area contributed by atoms with Gasteiger partial charge in [-0.15, -0.1) is 0 Å². The van der Waals surface area contributed by atoms with Crippen molar-refractivity contribution in [2.24, 2.45) is 0 Å². The molecule has 5 rings (SSSR count). The Kier molecular flexibility index (Phi) is 5.65. The lowest BCUT2D eigenvalue weighted by Crippen LogP contribution is -2.13. The van der Waals surface area contributed by atoms with Crippen LogP contribution < -0.4 is 10.2 Å². The van der Waals surface area contributed by atoms with E-state index in [1.54, 1.807) is 24.3 Å². The molecule has 5 aromatic rings. The summed E-state index contributed by atoms with van der Waals surface area (Å²) in [5, 5.41) is 8.09. The predicted octanol–water partition coefficient (Wildman–Crippen LogP) is 4.81. The molecule has 0 aliphatic heterocycles. The first kappa shape index (κ1) is 21.2. The fraction of sp³-hybridized carbons (Fsp3) is 0.0400. The number of hydrogen-bond acceptors (Lipinski definition) is 6. The third kappa shape index (κ3) is 4.44. The smallest absolute Gasteiger partial charge is 0.282 e. The molecule has 34 heavy (non-hydrogen) atoms. The van der Waals surface area contributed by atoms with E-state index >= 15 is 0 Å². The van der Waals surface area contributed by atoms with Gasteiger partial charge in [-0.3, -0.25) is 4.79 Å². The first-order chi connectivity index (χ1) is 16.6. The van der Waals surface area contributed by atoms with E-state index in [1.165, 1.54) is 23.0 Å². The second-order valence-corrected chi connectivity index (χ2v) is 7.29. The standard InChI is InChI=1S/C25H16F2N4O3/c26-20-11-8-18(14-21(20)27)31-13-12-22(32)23(29-31)25-28-24(30-34-25)17-6-9-19(10-7-17)33-15-16-4-2-1-3-5-16/h1-14H,15H2. The molecular formula is C25H16F2N4O3. The van der Waals surface area contributed by atoms with Gasteiger partial charge in [0.2, 0.25) is 11.3 Å². The zero-order valence-electron chi connectivity index (χ0n) is 17.6. The highest BCUT2D eigenvalue weighted by molar-refractivity contribution is 5.58. The largest absolute Gasteiger partial charge is 0.489 e. The van der Waals surface area contributed by atoms with Crippen LogP contribution >= 0.6 is 0 Å². The van der Waals surface area contributed by atoms with Crippen molar-refractivity contribution in [1.29, 1.82) is 0 Å². The molecule has 0 bridgehead atoms. The van der Waals surface area contributed by atoms with Gasteiger partial charge in [0.15, 0.2) is 17.3 Å². The molecule has 0 aliphatic rings. The molecule has 3 aromatic carbocycles. The van der Waals surface area contributed by atoms with Crippen LogP contribution in [0.5, 0.6) is 5.75 Å². The minimum absolute atomic E-state index is 0.0960. The van der Waals surface area contributed by atoms with Crippen molar-refractivity contribution in [3.63, 3.8) is 0 Å². The molecular weight excluding hydrogens is 442 g/mol. The molecule has 2 aromatic heterocycles. The Morgan fingerprint density at radius 3 is 2.47 bits per heavy atom. The van der Waals surface area contributed by atoms with Crippen LogP contribution in [0, 0.1) is 11.6 Å². The summed E-state index contributed by atoms with van der Waals surface area (Å²) in [7, 11) is 0. The maximum atomic E-state index is 13.6. The van der Waals surface area contributed by atoms with E-state index < -0.39 is 17.1 Å². The van der Waals surface area contributed by atoms with Crippen molar-refractivity contribution in [3.8, 4) is 34.4 Å². The van der Waals surface area contributed by atoms with Gasteiger partial charge in [-0.05, 0) is 42.0 Å². The molecule has 0 amide bonds. The maximum absolute atomic E-state index is 13.6. The van der Waals surface area contributed by atoms with Crippen LogP contribution in [0.2, 0.25) is 0 Å². The van der Waals surface area contributed by atoms with Gasteiger partial charge in [0.1, 0.15) is 12.4 Å². The van der Waals surface area contributed by atoms with Gasteiger partial charge in [-0.2, -0.15) is 10.1 Å². The second-order valence-electron chi connectivity index (χ2n) is 7.29. The first-order valence-electron chi connectivity index (χ1n) is 10.2. The van der Waals surface area contributed by atoms with E-state index in [2.05, 4.69) is 15.2 Å². The number of hydrogen-bond donors (Lipinski definition) is 0. The molecule has 0 saturated heterocycles. The van der Waals surface area contributed by atoms with Crippen LogP contribution in [0.1, 0.15) is 5.56 Å². The van der Waals surface area contributed by atoms with Gasteiger partial charge in [-0.25, -0.2) is 13.5 Å². The van der Waals surface area contributed by atoms with Crippen molar-refractivity contribution in [3.05, 3.63) is 112 Å². The van der Waals surface area contributed by atoms with Gasteiger partial charge >= 0.3 is 0 Å². The van der Waals surface area contributed by atoms with Crippen LogP contribution in [0.3, 0.4) is 0 Å². The molecule has 0 fully saturated rings. The summed E-state index contributed by atoms with van der Waals surface area (Å²) < 4.78 is 39.1. The SMILES string of the molecule is O=c1ccn(-c2ccc(F)c(F)c2)nc1-c1nc(-c2ccc(OCc3ccccc3)cc2)no1. The van der Waals surface area contributed by atoms with Crippen molar-refractivity contribution >= 4 is 0 Å². The van der Waals surface area contributed by atoms with E-state index in [0.717, 1.165) is 17.7 Å². The minimum Gasteiger partial charge on any atom is -0.489 e. The van der Waals surface area contributed by atoms with Gasteiger partial charge < -0.3 is 9.26 Å². The monoisotopic (exact) mass is 458 g/mol. The highest BCUT2D eigenvalue weighted by Crippen LogP contribution is 2.23. The molecule has 0 radical (unpaired) electrons. The van der Waals surface area contributed by atoms with Crippen LogP contribution in [-0.2, 0) is 6.61 Å². The molecule has 0 aliphatic carbocycles. The van der Waals surface area contributed by atoms with E-state index in [-0.39, 0.29) is 23.1 Å². The van der Waals surface area contributed by atoms with Crippen molar-refractivity contribution in [2.75, 3.05) is 0 Å². The average Bonchev–Trinajstić information content (AvgIpc) is 3.36. The number of ether oxygens (including phenoxy) is 1. The van der Waals surface area contributed by atoms with Crippen molar-refractivity contribution in [2.45, 2.75) is 6.61 Å². The summed E-state index contributed by atoms with van der Waals surface area (Å²) in [5.41, 5.74) is 1.36. The summed E-state index contributed by atoms with van der Waals surface area (Å²) in [6.45, 7) is 0.441. The van der Waals surface area contributed by atoms with Crippen LogP contribution in [0.4, 0.5) is 8.78 Å². The molecule has 0 N–H and O–H groups in total. The van der Waals surface area contributed by atoms with E-state index in [1.807, 2.05) is 30.3 Å². The average molecular weight is 458 g/mol. The van der Waals surface area contributed by atoms with E-state index in [9.17, 15) is 13.6 Å². The summed E-state index contributed by atoms with van der Waals surface area (Å²) in [4.78, 5) is 16.6. The molecule has 0 atom stereocenters. The first-order valence-corrected chi connectivity index (χ1v) is 10.2. The summed E-state index contributed by atoms with van der Waals surface area (Å²) in [6.07, 6.45) is 1.34. The molecule has 0 saturated carbocycles. The number of benzene rings is 3. The topological polar surface area (TPSA) is 83.0 Å². The van der Waals surface area contributed by atoms with Crippen molar-refractivity contribution < 1.29 is 18.0 Å². The molecule has 0 unspecified atom stereocenters. The molecule has 2 heterocycles. The Hall–Kier alpha value is -4.66. The normalized spacial score (nSPS) is 10.9. The lowest BCUT2D eigenvalue weighted by atomic mass is 10.2. The van der Waals surface area contributed by atoms with Crippen LogP contribution in [-0.4, -0.2) is 19.9 Å². The maximum Gasteiger partial charge on any atom is 0.282 e. The van der Waals surface area contributed by atoms with Crippen molar-refractivity contribution in [1.82, 2.24) is 19.9 Å². The number of nitrogens with zero attached hydrogens (tertiary/aromatic N) is 4. The Balaban J connectivity index is 1.36. The van der Waals surface area contributed by atoms with Gasteiger partial charge in [0.05, 0.1) is 5.69 Å². The molecule has 168 valence electrons. The minimum atomic E-state index is -1.03. The number of aromatic nitrogens is 4. The molecule has 9 heteroatoms. The van der Waals surface area contributed by atoms with Gasteiger partial charge in [-0.1, -0.05) is 35.5 Å². The van der Waals surface area contributed by atoms with E-state index in [0.29, 0.717) is 17.9 Å². The fourth-order valence-corrected chi connectivity index (χ4v) is 3.21. The Morgan fingerprint density at radius 1 is 0.912 bits per heavy atom. The second kappa shape index (κ2) is 9.07. The Bertz CT molecular complexity index is 1500. The zero-order chi connectivity index (χ0) is 23.5. The Labute approximate surface area is 191 Å². The summed E-state index contributed by atoms with van der Waals surface area (Å²) in [6, 6.07) is 21.4. The highest BCUT2D eigenvalue weighted by atomic mass is 19.2. The van der Waals surface area contributed by atoms with Gasteiger partial charge in [0, 0.05) is 23.9 Å². The highest BCUT2D eigenvalue weighted by Gasteiger charge is 2.16. The predicted molar refractivity (Wildman–Crippen MR) is 119 cm³/mol. The zero-order valence-corrected chi connectivity index (χ0v) is 17.6. The lowest BCUT2D eigenvalue weighted by Gasteiger charge is -2.06. The number of halogens is 2. The fourth-order valence-electron chi connectivity index (χ4n) is 3.21. The van der Waals surface area contributed by atoms with Crippen LogP contribution in [0.25, 0.3) is 28.7 Å². The lowest BCUT2D eigenvalue weighted by molar-refractivity contribution is 0.306. The molecule has 0 spiro atoms. The summed E-state index contributed by atoms with van der Waals surface area (Å²) in [5.74, 6) is -1.18. The van der Waals surface area contributed by atoms with Crippen LogP contribution in [0.15, 0.2) is 94.4 Å². The summed E-state index contributed by atoms with van der Waals surface area (Å²) >= 11 is 0. The quantitative estimate of drug-likeness (QED) is 0.363. The Morgan fingerprint density at radius 2 is 1.71 bits per heavy atom. The molecule has 7 nitrogen and oxygen atoms in total. The van der Waals surface area contributed by atoms with Gasteiger partial charge in [0.25, 0.3) is 5.89 Å². The number of rotatable bonds is 6. The third-order valence-electron chi connectivity index (χ3n) is 4.97. The third-order valence-corrected chi connectivity index (χ3v) is 4.97.